The fraction of sp³-hybridized carbons (Fsp3) is 0.267. The Hall–Kier alpha value is -5.10. The molecule has 0 unspecified atom stereocenters. The van der Waals surface area contributed by atoms with E-state index < -0.39 is 0 Å². The number of fused-ring (bicyclic) bond motifs is 1. The van der Waals surface area contributed by atoms with Crippen LogP contribution < -0.4 is 30.3 Å². The minimum absolute atomic E-state index is 0.288. The van der Waals surface area contributed by atoms with Crippen molar-refractivity contribution in [3.8, 4) is 11.5 Å². The standard InChI is InChI=1S/C30H36N8O4/c1-8-27(39)33-22-16-23(26(42-7)17-24(22)37(4)13-12-36(2)3)34-30-31-18-19-14-25(38(5)28(19)35-30)29(40)32-20-10-9-11-21(15-20)41-6/h8-11,14-18H,1,12-13H2,2-7H3,(H,32,40)(H,33,39)(H,31,34,35). The lowest BCUT2D eigenvalue weighted by molar-refractivity contribution is -0.111. The molecule has 0 saturated carbocycles. The fourth-order valence-corrected chi connectivity index (χ4v) is 4.31. The molecule has 4 rings (SSSR count). The molecule has 2 heterocycles. The van der Waals surface area contributed by atoms with E-state index in [1.54, 1.807) is 68.4 Å². The van der Waals surface area contributed by atoms with Crippen molar-refractivity contribution >= 4 is 51.5 Å². The Bertz CT molecular complexity index is 1610. The number of likely N-dealkylation sites (N-methyl/N-ethyl adjacent to an activating group) is 2. The number of nitrogens with one attached hydrogen (secondary N) is 3. The molecule has 0 radical (unpaired) electrons. The molecule has 220 valence electrons. The molecule has 0 atom stereocenters. The van der Waals surface area contributed by atoms with Crippen LogP contribution in [-0.2, 0) is 11.8 Å². The Morgan fingerprint density at radius 2 is 1.81 bits per heavy atom. The zero-order valence-corrected chi connectivity index (χ0v) is 24.7. The van der Waals surface area contributed by atoms with Gasteiger partial charge in [-0.05, 0) is 44.4 Å². The zero-order chi connectivity index (χ0) is 30.4. The van der Waals surface area contributed by atoms with Gasteiger partial charge in [-0.15, -0.1) is 0 Å². The van der Waals surface area contributed by atoms with E-state index in [9.17, 15) is 9.59 Å². The van der Waals surface area contributed by atoms with Gasteiger partial charge in [0.1, 0.15) is 22.8 Å². The molecule has 42 heavy (non-hydrogen) atoms. The fourth-order valence-electron chi connectivity index (χ4n) is 4.31. The van der Waals surface area contributed by atoms with Crippen molar-refractivity contribution in [1.29, 1.82) is 0 Å². The molecule has 2 amide bonds. The number of ether oxygens (including phenoxy) is 2. The Morgan fingerprint density at radius 3 is 2.50 bits per heavy atom. The number of methoxy groups -OCH3 is 2. The number of carbonyl (C=O) groups is 2. The average Bonchev–Trinajstić information content (AvgIpc) is 3.31. The number of nitrogens with zero attached hydrogens (tertiary/aromatic N) is 5. The lowest BCUT2D eigenvalue weighted by atomic mass is 10.2. The molecule has 3 N–H and O–H groups in total. The Kier molecular flexibility index (Phi) is 9.28. The first-order valence-electron chi connectivity index (χ1n) is 13.2. The van der Waals surface area contributed by atoms with Crippen LogP contribution in [0.25, 0.3) is 11.0 Å². The molecule has 2 aromatic carbocycles. The first-order chi connectivity index (χ1) is 20.1. The number of anilines is 5. The molecule has 12 nitrogen and oxygen atoms in total. The van der Waals surface area contributed by atoms with E-state index in [1.807, 2.05) is 32.1 Å². The topological polar surface area (TPSA) is 126 Å². The highest BCUT2D eigenvalue weighted by molar-refractivity contribution is 6.06. The van der Waals surface area contributed by atoms with Gasteiger partial charge in [0.05, 0.1) is 31.3 Å². The molecule has 0 spiro atoms. The molecule has 12 heteroatoms. The van der Waals surface area contributed by atoms with Gasteiger partial charge in [-0.1, -0.05) is 12.6 Å². The summed E-state index contributed by atoms with van der Waals surface area (Å²) in [7, 11) is 10.9. The van der Waals surface area contributed by atoms with Gasteiger partial charge in [-0.25, -0.2) is 4.98 Å². The molecular weight excluding hydrogens is 536 g/mol. The van der Waals surface area contributed by atoms with Crippen molar-refractivity contribution in [3.63, 3.8) is 0 Å². The van der Waals surface area contributed by atoms with Gasteiger partial charge in [0.2, 0.25) is 11.9 Å². The lowest BCUT2D eigenvalue weighted by Crippen LogP contribution is -2.29. The van der Waals surface area contributed by atoms with E-state index in [1.165, 1.54) is 6.08 Å². The van der Waals surface area contributed by atoms with Crippen LogP contribution in [-0.4, -0.2) is 79.7 Å². The third-order valence-corrected chi connectivity index (χ3v) is 6.63. The highest BCUT2D eigenvalue weighted by Crippen LogP contribution is 2.38. The lowest BCUT2D eigenvalue weighted by Gasteiger charge is -2.25. The molecule has 0 aliphatic carbocycles. The summed E-state index contributed by atoms with van der Waals surface area (Å²) in [6, 6.07) is 12.5. The Morgan fingerprint density at radius 1 is 1.02 bits per heavy atom. The normalized spacial score (nSPS) is 10.8. The first kappa shape index (κ1) is 29.9. The molecule has 0 aliphatic heterocycles. The van der Waals surface area contributed by atoms with Crippen LogP contribution in [0.15, 0.2) is 61.3 Å². The highest BCUT2D eigenvalue weighted by atomic mass is 16.5. The summed E-state index contributed by atoms with van der Waals surface area (Å²) in [6.45, 7) is 5.11. The zero-order valence-electron chi connectivity index (χ0n) is 24.7. The summed E-state index contributed by atoms with van der Waals surface area (Å²) in [5, 5.41) is 9.67. The van der Waals surface area contributed by atoms with E-state index in [-0.39, 0.29) is 17.8 Å². The van der Waals surface area contributed by atoms with Crippen molar-refractivity contribution in [3.05, 3.63) is 67.0 Å². The van der Waals surface area contributed by atoms with E-state index in [0.29, 0.717) is 45.3 Å². The van der Waals surface area contributed by atoms with Crippen molar-refractivity contribution in [2.45, 2.75) is 0 Å². The SMILES string of the molecule is C=CC(=O)Nc1cc(Nc2ncc3cc(C(=O)Nc4cccc(OC)c4)n(C)c3n2)c(OC)cc1N(C)CCN(C)C. The van der Waals surface area contributed by atoms with Crippen molar-refractivity contribution < 1.29 is 19.1 Å². The summed E-state index contributed by atoms with van der Waals surface area (Å²) >= 11 is 0. The van der Waals surface area contributed by atoms with E-state index >= 15 is 0 Å². The number of aryl methyl sites for hydroxylation is 1. The molecule has 0 fully saturated rings. The minimum Gasteiger partial charge on any atom is -0.497 e. The summed E-state index contributed by atoms with van der Waals surface area (Å²) in [4.78, 5) is 38.6. The predicted octanol–water partition coefficient (Wildman–Crippen LogP) is 4.10. The van der Waals surface area contributed by atoms with Crippen molar-refractivity contribution in [2.75, 3.05) is 69.3 Å². The minimum atomic E-state index is -0.338. The number of hydrogen-bond donors (Lipinski definition) is 3. The van der Waals surface area contributed by atoms with Crippen LogP contribution in [0, 0.1) is 0 Å². The maximum atomic E-state index is 13.1. The van der Waals surface area contributed by atoms with Gasteiger partial charge in [0, 0.05) is 56.6 Å². The van der Waals surface area contributed by atoms with Gasteiger partial charge in [-0.2, -0.15) is 4.98 Å². The summed E-state index contributed by atoms with van der Waals surface area (Å²) in [6.07, 6.45) is 2.86. The number of amides is 2. The van der Waals surface area contributed by atoms with Crippen LogP contribution in [0.1, 0.15) is 10.5 Å². The molecule has 2 aromatic heterocycles. The van der Waals surface area contributed by atoms with Crippen LogP contribution in [0.4, 0.5) is 28.7 Å². The first-order valence-corrected chi connectivity index (χ1v) is 13.2. The third-order valence-electron chi connectivity index (χ3n) is 6.63. The second-order valence-electron chi connectivity index (χ2n) is 9.86. The van der Waals surface area contributed by atoms with Crippen molar-refractivity contribution in [2.24, 2.45) is 7.05 Å². The maximum Gasteiger partial charge on any atom is 0.272 e. The average molecular weight is 573 g/mol. The number of benzene rings is 2. The number of aromatic nitrogens is 3. The summed E-state index contributed by atoms with van der Waals surface area (Å²) in [5.74, 6) is 0.831. The summed E-state index contributed by atoms with van der Waals surface area (Å²) in [5.41, 5.74) is 3.48. The smallest absolute Gasteiger partial charge is 0.272 e. The third kappa shape index (κ3) is 6.78. The van der Waals surface area contributed by atoms with Crippen LogP contribution in [0.2, 0.25) is 0 Å². The van der Waals surface area contributed by atoms with Crippen LogP contribution in [0.5, 0.6) is 11.5 Å². The highest BCUT2D eigenvalue weighted by Gasteiger charge is 2.19. The van der Waals surface area contributed by atoms with E-state index in [4.69, 9.17) is 9.47 Å². The molecule has 4 aromatic rings. The largest absolute Gasteiger partial charge is 0.497 e. The monoisotopic (exact) mass is 572 g/mol. The van der Waals surface area contributed by atoms with Gasteiger partial charge < -0.3 is 39.8 Å². The Balaban J connectivity index is 1.64. The van der Waals surface area contributed by atoms with Gasteiger partial charge >= 0.3 is 0 Å². The van der Waals surface area contributed by atoms with Gasteiger partial charge in [0.15, 0.2) is 0 Å². The number of hydrogen-bond acceptors (Lipinski definition) is 9. The quantitative estimate of drug-likeness (QED) is 0.215. The van der Waals surface area contributed by atoms with Gasteiger partial charge in [-0.3, -0.25) is 9.59 Å². The van der Waals surface area contributed by atoms with Crippen molar-refractivity contribution in [1.82, 2.24) is 19.4 Å². The van der Waals surface area contributed by atoms with Gasteiger partial charge in [0.25, 0.3) is 5.91 Å². The van der Waals surface area contributed by atoms with Crippen LogP contribution in [0.3, 0.4) is 0 Å². The van der Waals surface area contributed by atoms with E-state index in [2.05, 4.69) is 37.4 Å². The Labute approximate surface area is 244 Å². The summed E-state index contributed by atoms with van der Waals surface area (Å²) < 4.78 is 12.6. The van der Waals surface area contributed by atoms with Crippen LogP contribution >= 0.6 is 0 Å². The number of carbonyl (C=O) groups excluding carboxylic acids is 2. The number of rotatable bonds is 12. The van der Waals surface area contributed by atoms with E-state index in [0.717, 1.165) is 18.8 Å². The molecule has 0 saturated heterocycles. The molecular formula is C30H36N8O4. The molecule has 0 bridgehead atoms. The molecule has 0 aliphatic rings. The second kappa shape index (κ2) is 13.0. The maximum absolute atomic E-state index is 13.1. The second-order valence-corrected chi connectivity index (χ2v) is 9.86. The predicted molar refractivity (Wildman–Crippen MR) is 166 cm³/mol.